The van der Waals surface area contributed by atoms with Crippen molar-refractivity contribution in [3.8, 4) is 0 Å². The van der Waals surface area contributed by atoms with Gasteiger partial charge in [-0.3, -0.25) is 9.69 Å². The van der Waals surface area contributed by atoms with E-state index in [0.29, 0.717) is 70.3 Å². The zero-order chi connectivity index (χ0) is 31.4. The van der Waals surface area contributed by atoms with Gasteiger partial charge in [-0.25, -0.2) is 15.0 Å². The van der Waals surface area contributed by atoms with Crippen molar-refractivity contribution in [1.82, 2.24) is 25.2 Å². The first kappa shape index (κ1) is 32.7. The maximum Gasteiger partial charge on any atom is 0.433 e. The van der Waals surface area contributed by atoms with Gasteiger partial charge in [0.15, 0.2) is 0 Å². The molecule has 1 N–H and O–H groups in total. The Labute approximate surface area is 247 Å². The number of nitrogens with one attached hydrogen (secondary N) is 1. The molecule has 0 saturated carbocycles. The first-order valence-corrected chi connectivity index (χ1v) is 14.6. The lowest BCUT2D eigenvalue weighted by Gasteiger charge is -2.36. The lowest BCUT2D eigenvalue weighted by Crippen LogP contribution is -2.47. The van der Waals surface area contributed by atoms with Crippen molar-refractivity contribution < 1.29 is 31.1 Å². The summed E-state index contributed by atoms with van der Waals surface area (Å²) in [5.41, 5.74) is -2.32. The predicted molar refractivity (Wildman–Crippen MR) is 151 cm³/mol. The van der Waals surface area contributed by atoms with Gasteiger partial charge >= 0.3 is 12.4 Å². The molecule has 0 aliphatic carbocycles. The molecule has 2 fully saturated rings. The Morgan fingerprint density at radius 3 is 2.07 bits per heavy atom. The minimum atomic E-state index is -4.54. The molecule has 2 aromatic rings. The summed E-state index contributed by atoms with van der Waals surface area (Å²) in [4.78, 5) is 30.8. The second kappa shape index (κ2) is 13.2. The van der Waals surface area contributed by atoms with E-state index in [4.69, 9.17) is 0 Å². The number of carbonyl (C=O) groups excluding carboxylic acids is 1. The highest BCUT2D eigenvalue weighted by Gasteiger charge is 2.36. The van der Waals surface area contributed by atoms with E-state index >= 15 is 0 Å². The van der Waals surface area contributed by atoms with Gasteiger partial charge < -0.3 is 15.1 Å². The molecule has 0 unspecified atom stereocenters. The molecule has 0 radical (unpaired) electrons. The van der Waals surface area contributed by atoms with E-state index in [1.807, 2.05) is 9.80 Å². The number of amides is 1. The van der Waals surface area contributed by atoms with E-state index in [9.17, 15) is 31.1 Å². The van der Waals surface area contributed by atoms with Gasteiger partial charge in [0.25, 0.3) is 0 Å². The number of hydrogen-bond donors (Lipinski definition) is 1. The van der Waals surface area contributed by atoms with Crippen molar-refractivity contribution in [3.63, 3.8) is 0 Å². The van der Waals surface area contributed by atoms with E-state index in [-0.39, 0.29) is 17.6 Å². The summed E-state index contributed by atoms with van der Waals surface area (Å²) in [6.07, 6.45) is -5.25. The third kappa shape index (κ3) is 8.93. The fourth-order valence-corrected chi connectivity index (χ4v) is 5.21. The van der Waals surface area contributed by atoms with E-state index in [1.165, 1.54) is 6.07 Å². The molecule has 0 spiro atoms. The van der Waals surface area contributed by atoms with Crippen molar-refractivity contribution in [2.45, 2.75) is 64.2 Å². The molecule has 1 amide bonds. The van der Waals surface area contributed by atoms with Crippen molar-refractivity contribution in [1.29, 1.82) is 0 Å². The van der Waals surface area contributed by atoms with E-state index in [2.05, 4.69) is 25.2 Å². The fourth-order valence-electron chi connectivity index (χ4n) is 5.21. The number of hydrogen-bond acceptors (Lipinski definition) is 7. The Morgan fingerprint density at radius 2 is 1.51 bits per heavy atom. The van der Waals surface area contributed by atoms with Gasteiger partial charge in [-0.2, -0.15) is 26.3 Å². The number of piperidine rings is 1. The van der Waals surface area contributed by atoms with Crippen molar-refractivity contribution >= 4 is 17.5 Å². The monoisotopic (exact) mass is 615 g/mol. The molecule has 0 bridgehead atoms. The third-order valence-corrected chi connectivity index (χ3v) is 7.84. The normalized spacial score (nSPS) is 17.8. The number of nitrogens with zero attached hydrogens (tertiary/aromatic N) is 6. The number of anilines is 2. The largest absolute Gasteiger partial charge is 0.433 e. The van der Waals surface area contributed by atoms with Crippen LogP contribution in [-0.2, 0) is 22.6 Å². The number of piperazine rings is 1. The van der Waals surface area contributed by atoms with Gasteiger partial charge in [0.2, 0.25) is 5.91 Å². The van der Waals surface area contributed by atoms with Gasteiger partial charge in [0.05, 0.1) is 5.56 Å². The molecule has 2 aliphatic heterocycles. The number of halogens is 6. The summed E-state index contributed by atoms with van der Waals surface area (Å²) in [6.45, 7) is 10.4. The van der Waals surface area contributed by atoms with Crippen LogP contribution in [-0.4, -0.2) is 78.1 Å². The van der Waals surface area contributed by atoms with Gasteiger partial charge in [0, 0.05) is 69.4 Å². The average Bonchev–Trinajstić information content (AvgIpc) is 2.96. The Morgan fingerprint density at radius 1 is 0.860 bits per heavy atom. The van der Waals surface area contributed by atoms with Gasteiger partial charge in [0.1, 0.15) is 23.2 Å². The molecule has 2 aliphatic rings. The van der Waals surface area contributed by atoms with Crippen LogP contribution in [0.4, 0.5) is 38.0 Å². The topological polar surface area (TPSA) is 77.5 Å². The summed E-state index contributed by atoms with van der Waals surface area (Å²) >= 11 is 0. The quantitative estimate of drug-likeness (QED) is 0.326. The smallest absolute Gasteiger partial charge is 0.357 e. The minimum absolute atomic E-state index is 0.00801. The molecule has 8 nitrogen and oxygen atoms in total. The second-order valence-corrected chi connectivity index (χ2v) is 12.2. The van der Waals surface area contributed by atoms with E-state index in [0.717, 1.165) is 37.7 Å². The van der Waals surface area contributed by atoms with Gasteiger partial charge in [-0.15, -0.1) is 0 Å². The molecule has 43 heavy (non-hydrogen) atoms. The fraction of sp³-hybridized carbons (Fsp3) is 0.655. The Balaban J connectivity index is 1.14. The molecule has 238 valence electrons. The molecule has 4 heterocycles. The zero-order valence-corrected chi connectivity index (χ0v) is 24.7. The predicted octanol–water partition coefficient (Wildman–Crippen LogP) is 5.14. The van der Waals surface area contributed by atoms with Crippen molar-refractivity contribution in [3.05, 3.63) is 41.5 Å². The summed E-state index contributed by atoms with van der Waals surface area (Å²) in [7, 11) is 0. The Bertz CT molecular complexity index is 1180. The maximum atomic E-state index is 13.5. The lowest BCUT2D eigenvalue weighted by molar-refractivity contribution is -0.141. The summed E-state index contributed by atoms with van der Waals surface area (Å²) in [6, 6.07) is 3.42. The minimum Gasteiger partial charge on any atom is -0.357 e. The summed E-state index contributed by atoms with van der Waals surface area (Å²) < 4.78 is 78.7. The number of aromatic nitrogens is 3. The van der Waals surface area contributed by atoms with Gasteiger partial charge in [-0.05, 0) is 44.4 Å². The van der Waals surface area contributed by atoms with Crippen LogP contribution < -0.4 is 15.1 Å². The zero-order valence-electron chi connectivity index (χ0n) is 24.7. The first-order valence-electron chi connectivity index (χ1n) is 14.6. The summed E-state index contributed by atoms with van der Waals surface area (Å²) in [5.74, 6) is 0.800. The molecule has 14 heteroatoms. The van der Waals surface area contributed by atoms with Crippen LogP contribution >= 0.6 is 0 Å². The maximum absolute atomic E-state index is 13.5. The first-order chi connectivity index (χ1) is 20.1. The second-order valence-electron chi connectivity index (χ2n) is 12.2. The van der Waals surface area contributed by atoms with Crippen LogP contribution in [0.25, 0.3) is 0 Å². The van der Waals surface area contributed by atoms with Gasteiger partial charge in [-0.1, -0.05) is 20.8 Å². The highest BCUT2D eigenvalue weighted by molar-refractivity contribution is 5.78. The van der Waals surface area contributed by atoms with Crippen LogP contribution in [0.2, 0.25) is 0 Å². The number of unbranched alkanes of at least 4 members (excludes halogenated alkanes) is 1. The van der Waals surface area contributed by atoms with Crippen LogP contribution in [0, 0.1) is 5.92 Å². The molecule has 0 aromatic carbocycles. The van der Waals surface area contributed by atoms with E-state index < -0.39 is 29.0 Å². The Hall–Kier alpha value is -3.16. The average molecular weight is 616 g/mol. The number of rotatable bonds is 8. The Kier molecular flexibility index (Phi) is 10.1. The van der Waals surface area contributed by atoms with E-state index in [1.54, 1.807) is 20.8 Å². The molecular formula is C29H39F6N7O. The molecular weight excluding hydrogens is 576 g/mol. The van der Waals surface area contributed by atoms with Crippen LogP contribution in [0.5, 0.6) is 0 Å². The standard InChI is InChI=1S/C29H39F6N7O/c1-27(2,3)26-38-22(29(33,34)35)18-24(39-26)42-16-14-40(15-17-42)11-5-4-10-36-25(43)20-8-12-41(13-9-20)23-7-6-21(19-37-23)28(30,31)32/h6-7,18-20H,4-5,8-17H2,1-3H3,(H,36,43). The molecule has 4 rings (SSSR count). The third-order valence-electron chi connectivity index (χ3n) is 7.84. The lowest BCUT2D eigenvalue weighted by atomic mass is 9.95. The number of carbonyl (C=O) groups is 1. The molecule has 2 aromatic heterocycles. The summed E-state index contributed by atoms with van der Waals surface area (Å²) in [5, 5.41) is 3.00. The number of pyridine rings is 1. The molecule has 2 saturated heterocycles. The highest BCUT2D eigenvalue weighted by atomic mass is 19.4. The van der Waals surface area contributed by atoms with Crippen molar-refractivity contribution in [2.24, 2.45) is 5.92 Å². The SMILES string of the molecule is CC(C)(C)c1nc(N2CCN(CCCCNC(=O)C3CCN(c4ccc(C(F)(F)F)cn4)CC3)CC2)cc(C(F)(F)F)n1. The van der Waals surface area contributed by atoms with Crippen LogP contribution in [0.1, 0.15) is 63.5 Å². The van der Waals surface area contributed by atoms with Crippen LogP contribution in [0.3, 0.4) is 0 Å². The number of alkyl halides is 6. The van der Waals surface area contributed by atoms with Crippen molar-refractivity contribution in [2.75, 3.05) is 62.2 Å². The highest BCUT2D eigenvalue weighted by Crippen LogP contribution is 2.33. The molecule has 0 atom stereocenters. The van der Waals surface area contributed by atoms with Crippen LogP contribution in [0.15, 0.2) is 24.4 Å².